The molecule has 0 radical (unpaired) electrons. The van der Waals surface area contributed by atoms with E-state index < -0.39 is 23.6 Å². The number of hydrogen-bond acceptors (Lipinski definition) is 4. The van der Waals surface area contributed by atoms with Crippen molar-refractivity contribution in [3.05, 3.63) is 65.6 Å². The fraction of sp³-hybridized carbons (Fsp3) is 0.360. The van der Waals surface area contributed by atoms with Crippen molar-refractivity contribution in [1.29, 1.82) is 0 Å². The third-order valence-corrected chi connectivity index (χ3v) is 6.14. The first-order chi connectivity index (χ1) is 16.1. The minimum atomic E-state index is -4.54. The number of pyridine rings is 1. The maximum Gasteiger partial charge on any atom is 0.433 e. The zero-order valence-corrected chi connectivity index (χ0v) is 18.9. The van der Waals surface area contributed by atoms with E-state index in [0.29, 0.717) is 42.4 Å². The summed E-state index contributed by atoms with van der Waals surface area (Å²) >= 11 is 0. The predicted octanol–water partition coefficient (Wildman–Crippen LogP) is 5.61. The summed E-state index contributed by atoms with van der Waals surface area (Å²) in [4.78, 5) is 18.1. The summed E-state index contributed by atoms with van der Waals surface area (Å²) in [5, 5.41) is 6.77. The Kier molecular flexibility index (Phi) is 6.63. The molecule has 5 nitrogen and oxygen atoms in total. The van der Waals surface area contributed by atoms with Gasteiger partial charge in [0, 0.05) is 42.9 Å². The molecule has 0 saturated heterocycles. The molecule has 180 valence electrons. The van der Waals surface area contributed by atoms with E-state index in [9.17, 15) is 22.4 Å². The van der Waals surface area contributed by atoms with Gasteiger partial charge in [-0.15, -0.1) is 0 Å². The first-order valence-electron chi connectivity index (χ1n) is 11.1. The average Bonchev–Trinajstić information content (AvgIpc) is 2.79. The number of hydrogen-bond donors (Lipinski definition) is 2. The molecule has 1 aromatic heterocycles. The Morgan fingerprint density at radius 3 is 2.32 bits per heavy atom. The second kappa shape index (κ2) is 9.48. The highest BCUT2D eigenvalue weighted by molar-refractivity contribution is 5.95. The third-order valence-electron chi connectivity index (χ3n) is 6.14. The maximum absolute atomic E-state index is 14.4. The number of halogens is 4. The number of anilines is 2. The molecule has 1 aliphatic carbocycles. The molecule has 0 atom stereocenters. The van der Waals surface area contributed by atoms with Gasteiger partial charge in [0.15, 0.2) is 0 Å². The molecular weight excluding hydrogens is 448 g/mol. The molecule has 34 heavy (non-hydrogen) atoms. The van der Waals surface area contributed by atoms with Crippen LogP contribution in [-0.4, -0.2) is 37.1 Å². The van der Waals surface area contributed by atoms with Gasteiger partial charge >= 0.3 is 6.18 Å². The monoisotopic (exact) mass is 474 g/mol. The van der Waals surface area contributed by atoms with Crippen LogP contribution in [0.25, 0.3) is 10.9 Å². The van der Waals surface area contributed by atoms with Crippen molar-refractivity contribution < 1.29 is 22.4 Å². The number of amides is 1. The lowest BCUT2D eigenvalue weighted by Crippen LogP contribution is -2.40. The molecular formula is C25H26F4N4O. The van der Waals surface area contributed by atoms with Gasteiger partial charge < -0.3 is 15.5 Å². The number of carbonyl (C=O) groups is 1. The van der Waals surface area contributed by atoms with Gasteiger partial charge in [0.1, 0.15) is 11.5 Å². The second-order valence-electron chi connectivity index (χ2n) is 8.79. The predicted molar refractivity (Wildman–Crippen MR) is 125 cm³/mol. The zero-order chi connectivity index (χ0) is 24.5. The van der Waals surface area contributed by atoms with E-state index in [-0.39, 0.29) is 23.2 Å². The minimum absolute atomic E-state index is 0.00576. The third kappa shape index (κ3) is 5.24. The number of aromatic nitrogens is 1. The largest absolute Gasteiger partial charge is 0.433 e. The SMILES string of the molecule is CN(C)c1ccc(C(=O)NC2CCC(Nc3cc(C(F)(F)F)nc4ccccc34)CC2)c(F)c1. The van der Waals surface area contributed by atoms with Crippen LogP contribution in [0.2, 0.25) is 0 Å². The fourth-order valence-corrected chi connectivity index (χ4v) is 4.27. The van der Waals surface area contributed by atoms with E-state index >= 15 is 0 Å². The summed E-state index contributed by atoms with van der Waals surface area (Å²) in [7, 11) is 3.58. The summed E-state index contributed by atoms with van der Waals surface area (Å²) in [5.74, 6) is -1.04. The number of nitrogens with one attached hydrogen (secondary N) is 2. The van der Waals surface area contributed by atoms with E-state index in [0.717, 1.165) is 6.07 Å². The van der Waals surface area contributed by atoms with Gasteiger partial charge in [-0.1, -0.05) is 18.2 Å². The van der Waals surface area contributed by atoms with Gasteiger partial charge in [0.05, 0.1) is 11.1 Å². The fourth-order valence-electron chi connectivity index (χ4n) is 4.27. The van der Waals surface area contributed by atoms with Gasteiger partial charge in [0.25, 0.3) is 5.91 Å². The standard InChI is InChI=1S/C25H26F4N4O/c1-33(2)17-11-12-18(20(26)13-17)24(34)31-16-9-7-15(8-10-16)30-22-14-23(25(27,28)29)32-21-6-4-3-5-19(21)22/h3-6,11-16H,7-10H2,1-2H3,(H,30,32)(H,31,34). The van der Waals surface area contributed by atoms with Crippen LogP contribution < -0.4 is 15.5 Å². The quantitative estimate of drug-likeness (QED) is 0.472. The molecule has 3 aromatic rings. The second-order valence-corrected chi connectivity index (χ2v) is 8.79. The van der Waals surface area contributed by atoms with Crippen molar-refractivity contribution in [2.45, 2.75) is 43.9 Å². The van der Waals surface area contributed by atoms with E-state index in [4.69, 9.17) is 0 Å². The molecule has 1 aliphatic rings. The minimum Gasteiger partial charge on any atom is -0.382 e. The van der Waals surface area contributed by atoms with E-state index in [2.05, 4.69) is 15.6 Å². The molecule has 1 fully saturated rings. The number of benzene rings is 2. The smallest absolute Gasteiger partial charge is 0.382 e. The van der Waals surface area contributed by atoms with Gasteiger partial charge in [0.2, 0.25) is 0 Å². The van der Waals surface area contributed by atoms with Gasteiger partial charge in [-0.05, 0) is 56.0 Å². The first-order valence-corrected chi connectivity index (χ1v) is 11.1. The van der Waals surface area contributed by atoms with Crippen molar-refractivity contribution in [3.63, 3.8) is 0 Å². The highest BCUT2D eigenvalue weighted by atomic mass is 19.4. The lowest BCUT2D eigenvalue weighted by molar-refractivity contribution is -0.140. The molecule has 0 spiro atoms. The Morgan fingerprint density at radius 1 is 1.00 bits per heavy atom. The normalized spacial score (nSPS) is 18.5. The number of para-hydroxylation sites is 1. The van der Waals surface area contributed by atoms with Crippen LogP contribution in [-0.2, 0) is 6.18 Å². The number of nitrogens with zero attached hydrogens (tertiary/aromatic N) is 2. The maximum atomic E-state index is 14.4. The van der Waals surface area contributed by atoms with Crippen LogP contribution >= 0.6 is 0 Å². The zero-order valence-electron chi connectivity index (χ0n) is 18.9. The van der Waals surface area contributed by atoms with Crippen LogP contribution in [0.5, 0.6) is 0 Å². The Labute approximate surface area is 195 Å². The molecule has 2 N–H and O–H groups in total. The summed E-state index contributed by atoms with van der Waals surface area (Å²) in [6, 6.07) is 12.1. The molecule has 0 unspecified atom stereocenters. The molecule has 1 heterocycles. The molecule has 0 bridgehead atoms. The van der Waals surface area contributed by atoms with Crippen LogP contribution in [0, 0.1) is 5.82 Å². The molecule has 2 aromatic carbocycles. The highest BCUT2D eigenvalue weighted by Crippen LogP contribution is 2.34. The van der Waals surface area contributed by atoms with Crippen LogP contribution in [0.4, 0.5) is 28.9 Å². The lowest BCUT2D eigenvalue weighted by atomic mass is 9.90. The van der Waals surface area contributed by atoms with Crippen LogP contribution in [0.15, 0.2) is 48.5 Å². The summed E-state index contributed by atoms with van der Waals surface area (Å²) in [6.45, 7) is 0. The Balaban J connectivity index is 1.40. The van der Waals surface area contributed by atoms with Gasteiger partial charge in [-0.2, -0.15) is 13.2 Å². The topological polar surface area (TPSA) is 57.3 Å². The number of carbonyl (C=O) groups excluding carboxylic acids is 1. The first kappa shape index (κ1) is 23.8. The molecule has 0 aliphatic heterocycles. The Hall–Kier alpha value is -3.36. The van der Waals surface area contributed by atoms with E-state index in [1.807, 2.05) is 0 Å². The number of rotatable bonds is 5. The highest BCUT2D eigenvalue weighted by Gasteiger charge is 2.34. The number of alkyl halides is 3. The summed E-state index contributed by atoms with van der Waals surface area (Å²) < 4.78 is 54.3. The van der Waals surface area contributed by atoms with Crippen molar-refractivity contribution in [3.8, 4) is 0 Å². The van der Waals surface area contributed by atoms with Crippen molar-refractivity contribution in [2.24, 2.45) is 0 Å². The Morgan fingerprint density at radius 2 is 1.68 bits per heavy atom. The van der Waals surface area contributed by atoms with E-state index in [1.54, 1.807) is 49.3 Å². The molecule has 4 rings (SSSR count). The molecule has 1 saturated carbocycles. The van der Waals surface area contributed by atoms with Crippen LogP contribution in [0.3, 0.4) is 0 Å². The lowest BCUT2D eigenvalue weighted by Gasteiger charge is -2.31. The van der Waals surface area contributed by atoms with Crippen molar-refractivity contribution in [1.82, 2.24) is 10.3 Å². The molecule has 9 heteroatoms. The average molecular weight is 475 g/mol. The van der Waals surface area contributed by atoms with Gasteiger partial charge in [-0.3, -0.25) is 4.79 Å². The summed E-state index contributed by atoms with van der Waals surface area (Å²) in [5.41, 5.74) is 0.403. The van der Waals surface area contributed by atoms with Crippen LogP contribution in [0.1, 0.15) is 41.7 Å². The number of fused-ring (bicyclic) bond motifs is 1. The van der Waals surface area contributed by atoms with Crippen molar-refractivity contribution >= 4 is 28.2 Å². The Bertz CT molecular complexity index is 1190. The van der Waals surface area contributed by atoms with Gasteiger partial charge in [-0.25, -0.2) is 9.37 Å². The van der Waals surface area contributed by atoms with E-state index in [1.165, 1.54) is 12.1 Å². The van der Waals surface area contributed by atoms with Crippen molar-refractivity contribution in [2.75, 3.05) is 24.3 Å². The molecule has 1 amide bonds. The summed E-state index contributed by atoms with van der Waals surface area (Å²) in [6.07, 6.45) is -1.95.